The van der Waals surface area contributed by atoms with Gasteiger partial charge in [-0.3, -0.25) is 9.53 Å². The molecular weight excluding hydrogens is 320 g/mol. The molecule has 0 saturated carbocycles. The molecule has 0 saturated heterocycles. The number of benzene rings is 1. The smallest absolute Gasteiger partial charge is 0.413 e. The maximum Gasteiger partial charge on any atom is 0.413 e. The van der Waals surface area contributed by atoms with Crippen molar-refractivity contribution in [2.45, 2.75) is 24.7 Å². The van der Waals surface area contributed by atoms with Gasteiger partial charge in [-0.1, -0.05) is 25.5 Å². The average molecular weight is 338 g/mol. The van der Waals surface area contributed by atoms with Crippen molar-refractivity contribution in [3.05, 3.63) is 29.6 Å². The van der Waals surface area contributed by atoms with Gasteiger partial charge in [-0.25, -0.2) is 9.78 Å². The second kappa shape index (κ2) is 8.05. The Hall–Kier alpha value is -1.73. The summed E-state index contributed by atoms with van der Waals surface area (Å²) >= 11 is 1.34. The maximum atomic E-state index is 11.6. The van der Waals surface area contributed by atoms with Crippen molar-refractivity contribution < 1.29 is 13.7 Å². The van der Waals surface area contributed by atoms with Crippen LogP contribution < -0.4 is 5.32 Å². The Kier molecular flexibility index (Phi) is 6.09. The molecule has 0 bridgehead atoms. The number of unbranched alkanes of at least 4 members (excludes halogenated alkanes) is 1. The van der Waals surface area contributed by atoms with E-state index in [9.17, 15) is 9.00 Å². The third kappa shape index (κ3) is 4.64. The largest absolute Gasteiger partial charge is 0.449 e. The number of ether oxygens (including phenoxy) is 1. The number of carbonyl (C=O) groups excluding carboxylic acids is 1. The van der Waals surface area contributed by atoms with E-state index in [0.29, 0.717) is 11.7 Å². The summed E-state index contributed by atoms with van der Waals surface area (Å²) in [5.74, 6) is 0. The number of aromatic nitrogens is 1. The molecule has 118 valence electrons. The summed E-state index contributed by atoms with van der Waals surface area (Å²) in [6.45, 7) is 2.45. The molecule has 0 spiro atoms. The predicted octanol–water partition coefficient (Wildman–Crippen LogP) is 3.90. The molecule has 1 aromatic carbocycles. The van der Waals surface area contributed by atoms with Crippen LogP contribution in [0.2, 0.25) is 0 Å². The number of carbonyl (C=O) groups is 1. The molecule has 1 heterocycles. The zero-order valence-corrected chi connectivity index (χ0v) is 14.1. The fourth-order valence-corrected chi connectivity index (χ4v) is 2.94. The molecule has 1 N–H and O–H groups in total. The molecule has 1 unspecified atom stereocenters. The van der Waals surface area contributed by atoms with E-state index in [0.717, 1.165) is 29.0 Å². The third-order valence-corrected chi connectivity index (χ3v) is 4.62. The Morgan fingerprint density at radius 1 is 1.36 bits per heavy atom. The van der Waals surface area contributed by atoms with Crippen molar-refractivity contribution in [2.24, 2.45) is 0 Å². The molecule has 5 nitrogen and oxygen atoms in total. The predicted molar refractivity (Wildman–Crippen MR) is 89.8 cm³/mol. The van der Waals surface area contributed by atoms with Gasteiger partial charge in [0.05, 0.1) is 12.3 Å². The van der Waals surface area contributed by atoms with Crippen molar-refractivity contribution in [1.82, 2.24) is 4.98 Å². The van der Waals surface area contributed by atoms with Crippen LogP contribution in [0.4, 0.5) is 9.93 Å². The summed E-state index contributed by atoms with van der Waals surface area (Å²) in [4.78, 5) is 16.7. The summed E-state index contributed by atoms with van der Waals surface area (Å²) in [6.07, 6.45) is 2.99. The van der Waals surface area contributed by atoms with Crippen molar-refractivity contribution in [2.75, 3.05) is 18.2 Å². The minimum absolute atomic E-state index is 0.413. The lowest BCUT2D eigenvalue weighted by Gasteiger charge is -2.03. The molecule has 0 aliphatic heterocycles. The molecule has 2 aromatic rings. The van der Waals surface area contributed by atoms with Gasteiger partial charge in [0, 0.05) is 32.9 Å². The highest BCUT2D eigenvalue weighted by Crippen LogP contribution is 2.25. The van der Waals surface area contributed by atoms with E-state index < -0.39 is 16.9 Å². The van der Waals surface area contributed by atoms with E-state index in [2.05, 4.69) is 10.3 Å². The van der Waals surface area contributed by atoms with Crippen LogP contribution in [0.15, 0.2) is 34.5 Å². The quantitative estimate of drug-likeness (QED) is 0.811. The van der Waals surface area contributed by atoms with Gasteiger partial charge in [-0.2, -0.15) is 0 Å². The van der Waals surface area contributed by atoms with E-state index in [1.54, 1.807) is 6.26 Å². The van der Waals surface area contributed by atoms with E-state index >= 15 is 0 Å². The number of rotatable bonds is 6. The third-order valence-electron chi connectivity index (χ3n) is 2.93. The molecule has 0 aliphatic carbocycles. The van der Waals surface area contributed by atoms with Crippen LogP contribution in [-0.2, 0) is 15.5 Å². The summed E-state index contributed by atoms with van der Waals surface area (Å²) in [5.41, 5.74) is 1.68. The van der Waals surface area contributed by atoms with E-state index in [-0.39, 0.29) is 0 Å². The highest BCUT2D eigenvalue weighted by Gasteiger charge is 2.09. The van der Waals surface area contributed by atoms with Crippen LogP contribution in [0.3, 0.4) is 0 Å². The van der Waals surface area contributed by atoms with Gasteiger partial charge in [0.25, 0.3) is 0 Å². The number of hydrogen-bond acceptors (Lipinski definition) is 5. The van der Waals surface area contributed by atoms with Crippen LogP contribution in [0.1, 0.15) is 19.8 Å². The lowest BCUT2D eigenvalue weighted by molar-refractivity contribution is 0.160. The highest BCUT2D eigenvalue weighted by atomic mass is 32.2. The summed E-state index contributed by atoms with van der Waals surface area (Å²) in [5, 5.41) is 4.98. The minimum atomic E-state index is -0.992. The number of amides is 1. The standard InChI is InChI=1S/C15H18N2O3S2/c1-3-4-9-20-15(18)17-14-16-13(10-21-14)11-5-7-12(8-6-11)22(2)19/h5-8,10H,3-4,9H2,1-2H3,(H,16,17,18). The second-order valence-corrected chi connectivity index (χ2v) is 6.87. The van der Waals surface area contributed by atoms with Crippen LogP contribution >= 0.6 is 11.3 Å². The Morgan fingerprint density at radius 2 is 2.09 bits per heavy atom. The Balaban J connectivity index is 1.98. The number of anilines is 1. The van der Waals surface area contributed by atoms with Crippen LogP contribution in [0.5, 0.6) is 0 Å². The molecule has 0 radical (unpaired) electrons. The number of nitrogens with one attached hydrogen (secondary N) is 1. The van der Waals surface area contributed by atoms with Gasteiger partial charge in [0.2, 0.25) is 0 Å². The van der Waals surface area contributed by atoms with Gasteiger partial charge in [-0.15, -0.1) is 11.3 Å². The van der Waals surface area contributed by atoms with Crippen molar-refractivity contribution in [3.8, 4) is 11.3 Å². The Morgan fingerprint density at radius 3 is 2.73 bits per heavy atom. The summed E-state index contributed by atoms with van der Waals surface area (Å²) in [6, 6.07) is 7.37. The fraction of sp³-hybridized carbons (Fsp3) is 0.333. The first-order chi connectivity index (χ1) is 10.6. The van der Waals surface area contributed by atoms with Crippen LogP contribution in [-0.4, -0.2) is 28.1 Å². The second-order valence-electron chi connectivity index (χ2n) is 4.63. The number of hydrogen-bond donors (Lipinski definition) is 1. The minimum Gasteiger partial charge on any atom is -0.449 e. The van der Waals surface area contributed by atoms with E-state index in [1.165, 1.54) is 11.3 Å². The van der Waals surface area contributed by atoms with Crippen LogP contribution in [0, 0.1) is 0 Å². The molecular formula is C15H18N2O3S2. The lowest BCUT2D eigenvalue weighted by atomic mass is 10.2. The molecule has 1 amide bonds. The lowest BCUT2D eigenvalue weighted by Crippen LogP contribution is -2.14. The molecule has 22 heavy (non-hydrogen) atoms. The van der Waals surface area contributed by atoms with Gasteiger partial charge in [0.1, 0.15) is 0 Å². The van der Waals surface area contributed by atoms with Crippen LogP contribution in [0.25, 0.3) is 11.3 Å². The monoisotopic (exact) mass is 338 g/mol. The Labute approximate surface area is 136 Å². The first kappa shape index (κ1) is 16.6. The molecule has 0 fully saturated rings. The maximum absolute atomic E-state index is 11.6. The highest BCUT2D eigenvalue weighted by molar-refractivity contribution is 7.84. The van der Waals surface area contributed by atoms with Crippen molar-refractivity contribution in [3.63, 3.8) is 0 Å². The molecule has 2 rings (SSSR count). The molecule has 1 aromatic heterocycles. The fourth-order valence-electron chi connectivity index (χ4n) is 1.71. The number of nitrogens with zero attached hydrogens (tertiary/aromatic N) is 1. The first-order valence-corrected chi connectivity index (χ1v) is 9.37. The molecule has 1 atom stereocenters. The zero-order valence-electron chi connectivity index (χ0n) is 12.5. The van der Waals surface area contributed by atoms with Gasteiger partial charge < -0.3 is 4.74 Å². The zero-order chi connectivity index (χ0) is 15.9. The van der Waals surface area contributed by atoms with Gasteiger partial charge in [-0.05, 0) is 18.6 Å². The van der Waals surface area contributed by atoms with Gasteiger partial charge in [0.15, 0.2) is 5.13 Å². The Bertz CT molecular complexity index is 653. The molecule has 0 aliphatic rings. The van der Waals surface area contributed by atoms with Crippen molar-refractivity contribution in [1.29, 1.82) is 0 Å². The average Bonchev–Trinajstić information content (AvgIpc) is 2.96. The SMILES string of the molecule is CCCCOC(=O)Nc1nc(-c2ccc(S(C)=O)cc2)cs1. The van der Waals surface area contributed by atoms with Crippen molar-refractivity contribution >= 4 is 33.4 Å². The summed E-state index contributed by atoms with van der Waals surface area (Å²) < 4.78 is 16.4. The first-order valence-electron chi connectivity index (χ1n) is 6.93. The topological polar surface area (TPSA) is 68.3 Å². The normalized spacial score (nSPS) is 11.9. The molecule has 7 heteroatoms. The summed E-state index contributed by atoms with van der Waals surface area (Å²) in [7, 11) is -0.992. The number of thiazole rings is 1. The van der Waals surface area contributed by atoms with Gasteiger partial charge >= 0.3 is 6.09 Å². The van der Waals surface area contributed by atoms with E-state index in [4.69, 9.17) is 4.74 Å². The van der Waals surface area contributed by atoms with E-state index in [1.807, 2.05) is 36.6 Å².